The summed E-state index contributed by atoms with van der Waals surface area (Å²) >= 11 is 1.79. The largest absolute Gasteiger partial charge is 0.342 e. The molecule has 2 aliphatic heterocycles. The van der Waals surface area contributed by atoms with Gasteiger partial charge in [-0.15, -0.1) is 11.3 Å². The molecule has 2 fully saturated rings. The lowest BCUT2D eigenvalue weighted by Gasteiger charge is -2.36. The number of para-hydroxylation sites is 1. The van der Waals surface area contributed by atoms with Crippen LogP contribution in [0.4, 0.5) is 0 Å². The highest BCUT2D eigenvalue weighted by molar-refractivity contribution is 7.18. The number of nitrogens with zero attached hydrogens (tertiary/aromatic N) is 4. The summed E-state index contributed by atoms with van der Waals surface area (Å²) in [6, 6.07) is 8.34. The van der Waals surface area contributed by atoms with Crippen molar-refractivity contribution in [3.05, 3.63) is 29.3 Å². The van der Waals surface area contributed by atoms with E-state index in [1.54, 1.807) is 11.3 Å². The number of hydrogen-bond donors (Lipinski definition) is 0. The van der Waals surface area contributed by atoms with Crippen LogP contribution in [0.1, 0.15) is 24.8 Å². The summed E-state index contributed by atoms with van der Waals surface area (Å²) in [6.07, 6.45) is 2.31. The third kappa shape index (κ3) is 4.24. The summed E-state index contributed by atoms with van der Waals surface area (Å²) < 4.78 is 1.27. The predicted octanol–water partition coefficient (Wildman–Crippen LogP) is 2.67. The molecular formula is C20H28N4OS. The molecule has 0 unspecified atom stereocenters. The van der Waals surface area contributed by atoms with Gasteiger partial charge in [0.15, 0.2) is 0 Å². The highest BCUT2D eigenvalue weighted by Crippen LogP contribution is 2.23. The first kappa shape index (κ1) is 17.9. The van der Waals surface area contributed by atoms with Gasteiger partial charge in [0, 0.05) is 39.3 Å². The second kappa shape index (κ2) is 8.03. The summed E-state index contributed by atoms with van der Waals surface area (Å²) in [5.41, 5.74) is 1.10. The monoisotopic (exact) mass is 372 g/mol. The molecule has 6 heteroatoms. The standard InChI is InChI=1S/C20H28N4OS/c1-16-6-8-24(9-7-16)20(25)15-23-12-10-22(11-13-23)14-19-21-17-4-2-3-5-18(17)26-19/h2-5,16H,6-15H2,1H3. The van der Waals surface area contributed by atoms with E-state index in [-0.39, 0.29) is 0 Å². The molecule has 2 saturated heterocycles. The van der Waals surface area contributed by atoms with Gasteiger partial charge in [-0.1, -0.05) is 19.1 Å². The Morgan fingerprint density at radius 1 is 1.08 bits per heavy atom. The van der Waals surface area contributed by atoms with Crippen LogP contribution in [0.5, 0.6) is 0 Å². The molecule has 0 bridgehead atoms. The van der Waals surface area contributed by atoms with Crippen molar-refractivity contribution in [3.63, 3.8) is 0 Å². The summed E-state index contributed by atoms with van der Waals surface area (Å²) in [5, 5.41) is 1.19. The molecule has 5 nitrogen and oxygen atoms in total. The molecule has 3 heterocycles. The highest BCUT2D eigenvalue weighted by Gasteiger charge is 2.24. The van der Waals surface area contributed by atoms with Gasteiger partial charge in [0.2, 0.25) is 5.91 Å². The molecule has 1 aromatic heterocycles. The third-order valence-corrected chi connectivity index (χ3v) is 6.68. The van der Waals surface area contributed by atoms with E-state index in [1.807, 2.05) is 6.07 Å². The average molecular weight is 373 g/mol. The van der Waals surface area contributed by atoms with Crippen molar-refractivity contribution in [1.82, 2.24) is 19.7 Å². The van der Waals surface area contributed by atoms with E-state index in [0.29, 0.717) is 12.5 Å². The van der Waals surface area contributed by atoms with Gasteiger partial charge in [-0.05, 0) is 30.9 Å². The Balaban J connectivity index is 1.24. The SMILES string of the molecule is CC1CCN(C(=O)CN2CCN(Cc3nc4ccccc4s3)CC2)CC1. The van der Waals surface area contributed by atoms with Crippen LogP contribution in [-0.2, 0) is 11.3 Å². The van der Waals surface area contributed by atoms with Crippen LogP contribution < -0.4 is 0 Å². The Bertz CT molecular complexity index is 712. The van der Waals surface area contributed by atoms with Crippen LogP contribution >= 0.6 is 11.3 Å². The van der Waals surface area contributed by atoms with Gasteiger partial charge in [-0.3, -0.25) is 14.6 Å². The molecule has 0 radical (unpaired) electrons. The van der Waals surface area contributed by atoms with Crippen LogP contribution in [0.2, 0.25) is 0 Å². The Labute approximate surface area is 159 Å². The molecular weight excluding hydrogens is 344 g/mol. The molecule has 2 aliphatic rings. The number of piperazine rings is 1. The van der Waals surface area contributed by atoms with Crippen molar-refractivity contribution >= 4 is 27.5 Å². The smallest absolute Gasteiger partial charge is 0.236 e. The van der Waals surface area contributed by atoms with Gasteiger partial charge in [-0.2, -0.15) is 0 Å². The van der Waals surface area contributed by atoms with E-state index in [4.69, 9.17) is 4.98 Å². The molecule has 0 N–H and O–H groups in total. The Hall–Kier alpha value is -1.50. The molecule has 0 atom stereocenters. The summed E-state index contributed by atoms with van der Waals surface area (Å²) in [5.74, 6) is 1.08. The number of thiazole rings is 1. The molecule has 26 heavy (non-hydrogen) atoms. The Morgan fingerprint density at radius 3 is 2.50 bits per heavy atom. The molecule has 0 aliphatic carbocycles. The number of rotatable bonds is 4. The first-order valence-corrected chi connectivity index (χ1v) is 10.6. The van der Waals surface area contributed by atoms with E-state index in [2.05, 4.69) is 39.8 Å². The fourth-order valence-electron chi connectivity index (χ4n) is 3.83. The van der Waals surface area contributed by atoms with E-state index in [0.717, 1.165) is 70.1 Å². The molecule has 4 rings (SSSR count). The molecule has 0 saturated carbocycles. The summed E-state index contributed by atoms with van der Waals surface area (Å²) in [4.78, 5) is 24.1. The molecule has 1 amide bonds. The maximum Gasteiger partial charge on any atom is 0.236 e. The van der Waals surface area contributed by atoms with Crippen molar-refractivity contribution in [3.8, 4) is 0 Å². The highest BCUT2D eigenvalue weighted by atomic mass is 32.1. The van der Waals surface area contributed by atoms with E-state index in [1.165, 1.54) is 9.71 Å². The fourth-order valence-corrected chi connectivity index (χ4v) is 4.84. The number of benzene rings is 1. The number of aromatic nitrogens is 1. The molecule has 0 spiro atoms. The maximum absolute atomic E-state index is 12.5. The van der Waals surface area contributed by atoms with Crippen LogP contribution in [0.15, 0.2) is 24.3 Å². The minimum absolute atomic E-state index is 0.316. The second-order valence-corrected chi connectivity index (χ2v) is 8.81. The summed E-state index contributed by atoms with van der Waals surface area (Å²) in [7, 11) is 0. The maximum atomic E-state index is 12.5. The van der Waals surface area contributed by atoms with E-state index < -0.39 is 0 Å². The number of carbonyl (C=O) groups excluding carboxylic acids is 1. The van der Waals surface area contributed by atoms with Gasteiger partial charge >= 0.3 is 0 Å². The number of carbonyl (C=O) groups is 1. The quantitative estimate of drug-likeness (QED) is 0.827. The van der Waals surface area contributed by atoms with Gasteiger partial charge in [-0.25, -0.2) is 4.98 Å². The summed E-state index contributed by atoms with van der Waals surface area (Å²) in [6.45, 7) is 9.65. The topological polar surface area (TPSA) is 39.7 Å². The van der Waals surface area contributed by atoms with Gasteiger partial charge in [0.25, 0.3) is 0 Å². The minimum atomic E-state index is 0.316. The van der Waals surface area contributed by atoms with Gasteiger partial charge in [0.05, 0.1) is 23.3 Å². The van der Waals surface area contributed by atoms with Crippen molar-refractivity contribution in [2.75, 3.05) is 45.8 Å². The van der Waals surface area contributed by atoms with Crippen molar-refractivity contribution < 1.29 is 4.79 Å². The zero-order valence-corrected chi connectivity index (χ0v) is 16.4. The first-order valence-electron chi connectivity index (χ1n) is 9.74. The number of likely N-dealkylation sites (tertiary alicyclic amines) is 1. The van der Waals surface area contributed by atoms with Crippen LogP contribution in [-0.4, -0.2) is 71.4 Å². The van der Waals surface area contributed by atoms with E-state index in [9.17, 15) is 4.79 Å². The van der Waals surface area contributed by atoms with Crippen LogP contribution in [0.3, 0.4) is 0 Å². The van der Waals surface area contributed by atoms with Crippen LogP contribution in [0.25, 0.3) is 10.2 Å². The average Bonchev–Trinajstić information content (AvgIpc) is 3.06. The van der Waals surface area contributed by atoms with Gasteiger partial charge in [0.1, 0.15) is 5.01 Å². The Kier molecular flexibility index (Phi) is 5.52. The predicted molar refractivity (Wildman–Crippen MR) is 106 cm³/mol. The number of hydrogen-bond acceptors (Lipinski definition) is 5. The van der Waals surface area contributed by atoms with Gasteiger partial charge < -0.3 is 4.90 Å². The lowest BCUT2D eigenvalue weighted by molar-refractivity contribution is -0.134. The molecule has 1 aromatic carbocycles. The second-order valence-electron chi connectivity index (χ2n) is 7.69. The zero-order valence-electron chi connectivity index (χ0n) is 15.6. The molecule has 140 valence electrons. The van der Waals surface area contributed by atoms with Crippen LogP contribution in [0, 0.1) is 5.92 Å². The van der Waals surface area contributed by atoms with Crippen molar-refractivity contribution in [1.29, 1.82) is 0 Å². The minimum Gasteiger partial charge on any atom is -0.342 e. The normalized spacial score (nSPS) is 20.7. The van der Waals surface area contributed by atoms with Crippen molar-refractivity contribution in [2.24, 2.45) is 5.92 Å². The Morgan fingerprint density at radius 2 is 1.77 bits per heavy atom. The van der Waals surface area contributed by atoms with E-state index >= 15 is 0 Å². The zero-order chi connectivity index (χ0) is 17.9. The lowest BCUT2D eigenvalue weighted by Crippen LogP contribution is -2.50. The molecule has 2 aromatic rings. The fraction of sp³-hybridized carbons (Fsp3) is 0.600. The first-order chi connectivity index (χ1) is 12.7. The third-order valence-electron chi connectivity index (χ3n) is 5.66. The lowest BCUT2D eigenvalue weighted by atomic mass is 9.99. The number of piperidine rings is 1. The van der Waals surface area contributed by atoms with Crippen molar-refractivity contribution in [2.45, 2.75) is 26.3 Å². The number of amides is 1. The number of fused-ring (bicyclic) bond motifs is 1.